The first-order valence-corrected chi connectivity index (χ1v) is 13.3. The molecule has 3 aromatic carbocycles. The van der Waals surface area contributed by atoms with Gasteiger partial charge in [-0.3, -0.25) is 4.79 Å². The molecule has 0 aliphatic rings. The highest BCUT2D eigenvalue weighted by Crippen LogP contribution is 2.46. The number of fused-ring (bicyclic) bond motifs is 1. The van der Waals surface area contributed by atoms with Crippen LogP contribution in [0.25, 0.3) is 20.5 Å². The summed E-state index contributed by atoms with van der Waals surface area (Å²) >= 11 is 1.29. The van der Waals surface area contributed by atoms with E-state index in [1.165, 1.54) is 59.0 Å². The van der Waals surface area contributed by atoms with Gasteiger partial charge in [0.05, 0.1) is 35.5 Å². The van der Waals surface area contributed by atoms with Crippen LogP contribution in [0, 0.1) is 0 Å². The second kappa shape index (κ2) is 10.9. The Morgan fingerprint density at radius 3 is 1.97 bits per heavy atom. The van der Waals surface area contributed by atoms with Gasteiger partial charge >= 0.3 is 0 Å². The van der Waals surface area contributed by atoms with Gasteiger partial charge in [0.2, 0.25) is 5.75 Å². The van der Waals surface area contributed by atoms with Crippen molar-refractivity contribution < 1.29 is 47.4 Å². The highest BCUT2D eigenvalue weighted by molar-refractivity contribution is 7.43. The molecular formula is C26H23O10PS-2. The lowest BCUT2D eigenvalue weighted by molar-refractivity contribution is -0.333. The minimum atomic E-state index is -5.38. The molecule has 200 valence electrons. The summed E-state index contributed by atoms with van der Waals surface area (Å²) in [5.74, 6) is 0.935. The first-order chi connectivity index (χ1) is 18.1. The fourth-order valence-electron chi connectivity index (χ4n) is 4.00. The van der Waals surface area contributed by atoms with Gasteiger partial charge in [-0.25, -0.2) is 0 Å². The molecule has 38 heavy (non-hydrogen) atoms. The van der Waals surface area contributed by atoms with E-state index in [-0.39, 0.29) is 22.8 Å². The van der Waals surface area contributed by atoms with Crippen LogP contribution in [0.1, 0.15) is 15.9 Å². The molecule has 0 unspecified atom stereocenters. The van der Waals surface area contributed by atoms with E-state index in [1.54, 1.807) is 36.4 Å². The van der Waals surface area contributed by atoms with E-state index in [0.29, 0.717) is 44.4 Å². The van der Waals surface area contributed by atoms with Crippen molar-refractivity contribution >= 4 is 35.0 Å². The second-order valence-corrected chi connectivity index (χ2v) is 9.94. The molecule has 0 saturated heterocycles. The minimum Gasteiger partial charge on any atom is -0.780 e. The molecule has 10 nitrogen and oxygen atoms in total. The molecule has 1 aromatic heterocycles. The van der Waals surface area contributed by atoms with Crippen LogP contribution in [0.4, 0.5) is 0 Å². The summed E-state index contributed by atoms with van der Waals surface area (Å²) in [4.78, 5) is 37.3. The number of thiophene rings is 1. The van der Waals surface area contributed by atoms with E-state index in [4.69, 9.17) is 23.7 Å². The third-order valence-electron chi connectivity index (χ3n) is 5.69. The first-order valence-electron chi connectivity index (χ1n) is 11.0. The molecule has 0 aliphatic heterocycles. The highest BCUT2D eigenvalue weighted by Gasteiger charge is 2.25. The van der Waals surface area contributed by atoms with Gasteiger partial charge in [-0.05, 0) is 54.1 Å². The molecule has 0 aliphatic carbocycles. The Hall–Kier alpha value is -3.76. The molecule has 4 rings (SSSR count). The fourth-order valence-corrected chi connectivity index (χ4v) is 5.61. The Balaban J connectivity index is 1.97. The Morgan fingerprint density at radius 1 is 0.763 bits per heavy atom. The normalized spacial score (nSPS) is 11.2. The van der Waals surface area contributed by atoms with Gasteiger partial charge in [0.15, 0.2) is 28.8 Å². The lowest BCUT2D eigenvalue weighted by Gasteiger charge is -2.29. The number of phosphoric ester groups is 1. The van der Waals surface area contributed by atoms with Crippen molar-refractivity contribution in [1.29, 1.82) is 0 Å². The first kappa shape index (κ1) is 27.3. The molecule has 0 spiro atoms. The maximum absolute atomic E-state index is 14.1. The van der Waals surface area contributed by atoms with Gasteiger partial charge in [0.1, 0.15) is 13.6 Å². The van der Waals surface area contributed by atoms with Crippen LogP contribution in [-0.2, 0) is 4.57 Å². The molecule has 0 saturated carbocycles. The van der Waals surface area contributed by atoms with Gasteiger partial charge in [-0.15, -0.1) is 11.3 Å². The van der Waals surface area contributed by atoms with Crippen LogP contribution in [-0.4, -0.2) is 41.3 Å². The average Bonchev–Trinajstić information content (AvgIpc) is 3.29. The summed E-state index contributed by atoms with van der Waals surface area (Å²) in [7, 11) is 1.83. The Labute approximate surface area is 222 Å². The Bertz CT molecular complexity index is 1530. The van der Waals surface area contributed by atoms with Gasteiger partial charge in [-0.1, -0.05) is 0 Å². The van der Waals surface area contributed by atoms with Crippen LogP contribution in [0.15, 0.2) is 48.5 Å². The molecule has 0 radical (unpaired) electrons. The maximum atomic E-state index is 14.1. The van der Waals surface area contributed by atoms with E-state index in [0.717, 1.165) is 4.70 Å². The average molecular weight is 559 g/mol. The number of hydrogen-bond donors (Lipinski definition) is 0. The lowest BCUT2D eigenvalue weighted by Crippen LogP contribution is -2.18. The quantitative estimate of drug-likeness (QED) is 0.207. The van der Waals surface area contributed by atoms with Gasteiger partial charge < -0.3 is 42.6 Å². The maximum Gasteiger partial charge on any atom is 0.203 e. The molecule has 1 heterocycles. The molecule has 0 atom stereocenters. The fraction of sp³-hybridized carbons (Fsp3) is 0.192. The predicted molar refractivity (Wildman–Crippen MR) is 138 cm³/mol. The van der Waals surface area contributed by atoms with Crippen LogP contribution >= 0.6 is 19.2 Å². The third-order valence-corrected chi connectivity index (χ3v) is 7.31. The molecule has 12 heteroatoms. The molecule has 0 N–H and O–H groups in total. The summed E-state index contributed by atoms with van der Waals surface area (Å²) in [6.45, 7) is 0. The Kier molecular flexibility index (Phi) is 7.84. The largest absolute Gasteiger partial charge is 0.780 e. The van der Waals surface area contributed by atoms with Gasteiger partial charge in [0, 0.05) is 26.1 Å². The third kappa shape index (κ3) is 5.27. The molecule has 0 bridgehead atoms. The van der Waals surface area contributed by atoms with Crippen molar-refractivity contribution in [3.05, 3.63) is 59.7 Å². The highest BCUT2D eigenvalue weighted by atomic mass is 32.1. The molecular weight excluding hydrogens is 535 g/mol. The number of methoxy groups -OCH3 is 5. The van der Waals surface area contributed by atoms with E-state index in [2.05, 4.69) is 4.52 Å². The van der Waals surface area contributed by atoms with Crippen molar-refractivity contribution in [3.8, 4) is 44.9 Å². The standard InChI is InChI=1S/C26H25O10PS/c1-31-16-7-8-17-22(13-16)38-26(14-6-9-18(32-2)19(10-14)36-37(28,29)30)23(17)24(27)15-11-20(33-3)25(35-5)21(12-15)34-4/h6-13H,1-5H3,(H2,28,29,30)/p-2. The zero-order valence-corrected chi connectivity index (χ0v) is 22.8. The number of rotatable bonds is 10. The zero-order chi connectivity index (χ0) is 27.6. The summed E-state index contributed by atoms with van der Waals surface area (Å²) < 4.78 is 43.5. The van der Waals surface area contributed by atoms with E-state index < -0.39 is 7.82 Å². The minimum absolute atomic E-state index is 0.0426. The monoisotopic (exact) mass is 558 g/mol. The Morgan fingerprint density at radius 2 is 1.42 bits per heavy atom. The number of carbonyl (C=O) groups is 1. The van der Waals surface area contributed by atoms with Gasteiger partial charge in [-0.2, -0.15) is 0 Å². The van der Waals surface area contributed by atoms with Crippen LogP contribution in [0.2, 0.25) is 0 Å². The van der Waals surface area contributed by atoms with Crippen molar-refractivity contribution in [3.63, 3.8) is 0 Å². The summed E-state index contributed by atoms with van der Waals surface area (Å²) in [6, 6.07) is 12.8. The molecule has 4 aromatic rings. The van der Waals surface area contributed by atoms with Crippen LogP contribution < -0.4 is 38.0 Å². The summed E-state index contributed by atoms with van der Waals surface area (Å²) in [6.07, 6.45) is 0. The van der Waals surface area contributed by atoms with Gasteiger partial charge in [0.25, 0.3) is 0 Å². The van der Waals surface area contributed by atoms with Crippen molar-refractivity contribution in [2.45, 2.75) is 0 Å². The molecule has 0 fully saturated rings. The number of benzene rings is 3. The SMILES string of the molecule is COc1ccc2c(C(=O)c3cc(OC)c(OC)c(OC)c3)c(-c3ccc(OC)c(OP(=O)([O-])[O-])c3)sc2c1. The number of ketones is 1. The number of phosphoric acid groups is 1. The summed E-state index contributed by atoms with van der Waals surface area (Å²) in [5, 5.41) is 0.640. The summed E-state index contributed by atoms with van der Waals surface area (Å²) in [5.41, 5.74) is 1.04. The van der Waals surface area contributed by atoms with E-state index in [1.807, 2.05) is 0 Å². The number of hydrogen-bond acceptors (Lipinski definition) is 11. The smallest absolute Gasteiger partial charge is 0.203 e. The second-order valence-electron chi connectivity index (χ2n) is 7.82. The number of ether oxygens (including phenoxy) is 5. The predicted octanol–water partition coefficient (Wildman–Crippen LogP) is 4.05. The van der Waals surface area contributed by atoms with E-state index in [9.17, 15) is 19.1 Å². The van der Waals surface area contributed by atoms with Crippen LogP contribution in [0.5, 0.6) is 34.5 Å². The number of carbonyl (C=O) groups excluding carboxylic acids is 1. The molecule has 0 amide bonds. The van der Waals surface area contributed by atoms with Crippen molar-refractivity contribution in [2.75, 3.05) is 35.5 Å². The topological polar surface area (TPSA) is 136 Å². The lowest BCUT2D eigenvalue weighted by atomic mass is 9.97. The van der Waals surface area contributed by atoms with Crippen molar-refractivity contribution in [1.82, 2.24) is 0 Å². The van der Waals surface area contributed by atoms with Crippen LogP contribution in [0.3, 0.4) is 0 Å². The van der Waals surface area contributed by atoms with E-state index >= 15 is 0 Å². The van der Waals surface area contributed by atoms with Crippen molar-refractivity contribution in [2.24, 2.45) is 0 Å². The zero-order valence-electron chi connectivity index (χ0n) is 21.1.